The molecule has 2 nitrogen and oxygen atoms in total. The van der Waals surface area contributed by atoms with Crippen LogP contribution < -0.4 is 4.74 Å². The molecule has 0 aliphatic heterocycles. The van der Waals surface area contributed by atoms with E-state index in [0.29, 0.717) is 18.1 Å². The first-order valence-corrected chi connectivity index (χ1v) is 9.40. The summed E-state index contributed by atoms with van der Waals surface area (Å²) in [5, 5.41) is 0. The minimum atomic E-state index is -1.72. The van der Waals surface area contributed by atoms with Crippen molar-refractivity contribution in [1.82, 2.24) is 0 Å². The quantitative estimate of drug-likeness (QED) is 0.219. The average molecular weight is 427 g/mol. The van der Waals surface area contributed by atoms with Gasteiger partial charge in [-0.3, -0.25) is 4.79 Å². The van der Waals surface area contributed by atoms with Crippen molar-refractivity contribution in [2.45, 2.75) is 72.6 Å². The highest BCUT2D eigenvalue weighted by Gasteiger charge is 2.46. The Labute approximate surface area is 172 Å². The van der Waals surface area contributed by atoms with E-state index in [1.54, 1.807) is 0 Å². The molecule has 0 N–H and O–H groups in total. The molecule has 0 amide bonds. The second kappa shape index (κ2) is 10.4. The molecule has 2 aliphatic rings. The molecule has 1 aromatic carbocycles. The van der Waals surface area contributed by atoms with E-state index in [4.69, 9.17) is 4.74 Å². The molecule has 0 spiro atoms. The first-order chi connectivity index (χ1) is 12.8. The molecular weight excluding hydrogens is 391 g/mol. The second-order valence-corrected chi connectivity index (χ2v) is 7.93. The van der Waals surface area contributed by atoms with Gasteiger partial charge >= 0.3 is 5.97 Å². The zero-order chi connectivity index (χ0) is 19.7. The summed E-state index contributed by atoms with van der Waals surface area (Å²) >= 11 is 0. The minimum Gasteiger partial charge on any atom is -0.426 e. The molecule has 0 heterocycles. The highest BCUT2D eigenvalue weighted by molar-refractivity contribution is 5.76. The molecule has 2 saturated carbocycles. The maximum Gasteiger partial charge on any atom is 0.320 e. The third-order valence-electron chi connectivity index (χ3n) is 6.01. The Morgan fingerprint density at radius 3 is 1.90 bits per heavy atom. The fraction of sp³-hybridized carbons (Fsp3) is 0.682. The smallest absolute Gasteiger partial charge is 0.320 e. The first-order valence-electron chi connectivity index (χ1n) is 9.40. The Kier molecular flexibility index (Phi) is 9.09. The van der Waals surface area contributed by atoms with Gasteiger partial charge in [-0.15, -0.1) is 0 Å². The molecule has 1 aromatic rings. The monoisotopic (exact) mass is 426 g/mol. The van der Waals surface area contributed by atoms with Crippen LogP contribution in [-0.4, -0.2) is 18.3 Å². The van der Waals surface area contributed by atoms with Crippen LogP contribution in [0.15, 0.2) is 12.1 Å². The van der Waals surface area contributed by atoms with Gasteiger partial charge in [0.25, 0.3) is 0 Å². The zero-order valence-corrected chi connectivity index (χ0v) is 15.1. The van der Waals surface area contributed by atoms with Crippen molar-refractivity contribution in [1.29, 1.82) is 0 Å². The summed E-state index contributed by atoms with van der Waals surface area (Å²) in [7, 11) is 0. The van der Waals surface area contributed by atoms with Gasteiger partial charge in [-0.1, -0.05) is 34.6 Å². The van der Waals surface area contributed by atoms with Crippen LogP contribution in [-0.2, 0) is 4.79 Å². The van der Waals surface area contributed by atoms with Crippen LogP contribution in [0.2, 0.25) is 0 Å². The van der Waals surface area contributed by atoms with Crippen molar-refractivity contribution in [3.8, 4) is 5.75 Å². The third kappa shape index (κ3) is 5.70. The van der Waals surface area contributed by atoms with Gasteiger partial charge in [-0.25, -0.2) is 22.0 Å². The SMILES string of the molecule is C.C.CC1CCC(C2CC(F)C(C(=O)Oc3cc(F)c(F)c(F)c3)C(F)C2)CC1.[HH].[HH]. The number of alkyl halides is 2. The number of esters is 1. The number of hydrogen-bond donors (Lipinski definition) is 0. The normalized spacial score (nSPS) is 31.9. The van der Waals surface area contributed by atoms with Gasteiger partial charge in [0, 0.05) is 15.0 Å². The Morgan fingerprint density at radius 1 is 0.931 bits per heavy atom. The maximum absolute atomic E-state index is 14.6. The van der Waals surface area contributed by atoms with Crippen molar-refractivity contribution in [3.63, 3.8) is 0 Å². The molecule has 170 valence electrons. The molecular formula is C22H35F5O2. The number of benzene rings is 1. The number of hydrogen-bond acceptors (Lipinski definition) is 2. The largest absolute Gasteiger partial charge is 0.426 e. The molecule has 2 aliphatic carbocycles. The molecule has 0 aromatic heterocycles. The lowest BCUT2D eigenvalue weighted by molar-refractivity contribution is -0.147. The topological polar surface area (TPSA) is 26.3 Å². The number of carbonyl (C=O) groups is 1. The summed E-state index contributed by atoms with van der Waals surface area (Å²) in [6.07, 6.45) is 0.672. The number of halogens is 5. The lowest BCUT2D eigenvalue weighted by atomic mass is 9.68. The Hall–Kier alpha value is -1.66. The zero-order valence-electron chi connectivity index (χ0n) is 15.1. The van der Waals surface area contributed by atoms with Crippen LogP contribution in [0.5, 0.6) is 5.75 Å². The Morgan fingerprint density at radius 2 is 1.41 bits per heavy atom. The fourth-order valence-electron chi connectivity index (χ4n) is 4.41. The van der Waals surface area contributed by atoms with Gasteiger partial charge in [-0.05, 0) is 43.4 Å². The fourth-order valence-corrected chi connectivity index (χ4v) is 4.41. The molecule has 3 rings (SSSR count). The van der Waals surface area contributed by atoms with Crippen molar-refractivity contribution >= 4 is 5.97 Å². The van der Waals surface area contributed by atoms with Crippen LogP contribution in [0.25, 0.3) is 0 Å². The van der Waals surface area contributed by atoms with E-state index in [1.165, 1.54) is 0 Å². The van der Waals surface area contributed by atoms with E-state index in [9.17, 15) is 26.7 Å². The highest BCUT2D eigenvalue weighted by atomic mass is 19.2. The number of carbonyl (C=O) groups excluding carboxylic acids is 1. The standard InChI is InChI=1S/C20H23F5O2.2CH4.2H2/c1-10-2-4-11(5-3-10)12-6-14(21)18(15(22)7-12)20(26)27-13-8-16(23)19(25)17(24)9-13;;;;/h8-12,14-15,18H,2-7H2,1H3;2*1H4;2*1H. The number of rotatable bonds is 3. The van der Waals surface area contributed by atoms with Crippen LogP contribution in [0.1, 0.15) is 63.2 Å². The first kappa shape index (κ1) is 25.4. The summed E-state index contributed by atoms with van der Waals surface area (Å²) in [4.78, 5) is 12.2. The van der Waals surface area contributed by atoms with Crippen molar-refractivity contribution < 1.29 is 34.3 Å². The van der Waals surface area contributed by atoms with Crippen molar-refractivity contribution in [2.75, 3.05) is 0 Å². The van der Waals surface area contributed by atoms with E-state index in [-0.39, 0.29) is 42.4 Å². The van der Waals surface area contributed by atoms with Gasteiger partial charge in [0.05, 0.1) is 0 Å². The summed E-state index contributed by atoms with van der Waals surface area (Å²) in [5.41, 5.74) is 0. The average Bonchev–Trinajstić information content (AvgIpc) is 2.59. The summed E-state index contributed by atoms with van der Waals surface area (Å²) in [6.45, 7) is 2.17. The summed E-state index contributed by atoms with van der Waals surface area (Å²) in [6, 6.07) is 0.956. The molecule has 2 atom stereocenters. The molecule has 0 bridgehead atoms. The molecule has 2 unspecified atom stereocenters. The summed E-state index contributed by atoms with van der Waals surface area (Å²) in [5.74, 6) is -7.49. The molecule has 0 saturated heterocycles. The summed E-state index contributed by atoms with van der Waals surface area (Å²) < 4.78 is 73.3. The lowest BCUT2D eigenvalue weighted by Crippen LogP contribution is -2.44. The van der Waals surface area contributed by atoms with E-state index in [1.807, 2.05) is 0 Å². The van der Waals surface area contributed by atoms with Crippen LogP contribution in [0, 0.1) is 41.1 Å². The molecule has 7 heteroatoms. The van der Waals surface area contributed by atoms with Gasteiger partial charge in [0.2, 0.25) is 0 Å². The van der Waals surface area contributed by atoms with Crippen molar-refractivity contribution in [2.24, 2.45) is 23.7 Å². The van der Waals surface area contributed by atoms with Gasteiger partial charge < -0.3 is 4.74 Å². The van der Waals surface area contributed by atoms with Gasteiger partial charge in [0.15, 0.2) is 17.5 Å². The maximum atomic E-state index is 14.6. The minimum absolute atomic E-state index is 0. The Bertz CT molecular complexity index is 663. The Balaban J connectivity index is 0. The van der Waals surface area contributed by atoms with E-state index in [0.717, 1.165) is 25.7 Å². The van der Waals surface area contributed by atoms with Crippen LogP contribution >= 0.6 is 0 Å². The van der Waals surface area contributed by atoms with Crippen LogP contribution in [0.4, 0.5) is 22.0 Å². The van der Waals surface area contributed by atoms with Gasteiger partial charge in [0.1, 0.15) is 24.0 Å². The van der Waals surface area contributed by atoms with E-state index >= 15 is 0 Å². The third-order valence-corrected chi connectivity index (χ3v) is 6.01. The predicted octanol–water partition coefficient (Wildman–Crippen LogP) is 7.30. The van der Waals surface area contributed by atoms with Crippen LogP contribution in [0.3, 0.4) is 0 Å². The molecule has 0 radical (unpaired) electrons. The van der Waals surface area contributed by atoms with Crippen molar-refractivity contribution in [3.05, 3.63) is 29.6 Å². The van der Waals surface area contributed by atoms with E-state index < -0.39 is 47.4 Å². The predicted molar refractivity (Wildman–Crippen MR) is 107 cm³/mol. The highest BCUT2D eigenvalue weighted by Crippen LogP contribution is 2.43. The second-order valence-electron chi connectivity index (χ2n) is 7.93. The van der Waals surface area contributed by atoms with Gasteiger partial charge in [-0.2, -0.15) is 0 Å². The molecule has 2 fully saturated rings. The molecule has 29 heavy (non-hydrogen) atoms. The number of ether oxygens (including phenoxy) is 1. The van der Waals surface area contributed by atoms with E-state index in [2.05, 4.69) is 6.92 Å². The lowest BCUT2D eigenvalue weighted by Gasteiger charge is -2.39.